The van der Waals surface area contributed by atoms with E-state index in [4.69, 9.17) is 5.73 Å². The molecule has 4 rings (SSSR count). The number of benzene rings is 2. The zero-order valence-electron chi connectivity index (χ0n) is 13.7. The molecule has 2 heterocycles. The van der Waals surface area contributed by atoms with Gasteiger partial charge in [-0.05, 0) is 30.7 Å². The third kappa shape index (κ3) is 3.24. The van der Waals surface area contributed by atoms with Gasteiger partial charge in [0.15, 0.2) is 0 Å². The molecule has 0 saturated heterocycles. The third-order valence-electron chi connectivity index (χ3n) is 4.12. The molecule has 0 aliphatic carbocycles. The predicted molar refractivity (Wildman–Crippen MR) is 102 cm³/mol. The summed E-state index contributed by atoms with van der Waals surface area (Å²) >= 11 is 1.52. The number of nitrogens with two attached hydrogens (primary N) is 1. The molecule has 7 heteroatoms. The summed E-state index contributed by atoms with van der Waals surface area (Å²) in [7, 11) is 0. The lowest BCUT2D eigenvalue weighted by atomic mass is 10.1. The molecule has 126 valence electrons. The summed E-state index contributed by atoms with van der Waals surface area (Å²) in [6.07, 6.45) is 0. The molecule has 0 spiro atoms. The number of aryl methyl sites for hydroxylation is 1. The molecular weight excluding hydrogens is 332 g/mol. The van der Waals surface area contributed by atoms with Crippen molar-refractivity contribution in [1.29, 1.82) is 0 Å². The van der Waals surface area contributed by atoms with Crippen LogP contribution in [0.2, 0.25) is 0 Å². The number of nitrogens with one attached hydrogen (secondary N) is 2. The average molecular weight is 350 g/mol. The Hall–Kier alpha value is -2.77. The number of aromatic amines is 1. The standard InChI is InChI=1S/C18H18N6S/c1-11-14-9-13(7-8-16(14)22-21-11)17-23-24-18(25-17)20-10-15(19)12-5-3-2-4-6-12/h2-9,15H,10,19H2,1H3,(H,20,24)(H,21,22)/t15-/m1/s1. The monoisotopic (exact) mass is 350 g/mol. The molecule has 1 atom stereocenters. The van der Waals surface area contributed by atoms with E-state index < -0.39 is 0 Å². The molecule has 0 unspecified atom stereocenters. The van der Waals surface area contributed by atoms with Crippen LogP contribution in [-0.2, 0) is 0 Å². The Labute approximate surface area is 149 Å². The average Bonchev–Trinajstić information content (AvgIpc) is 3.27. The topological polar surface area (TPSA) is 92.5 Å². The van der Waals surface area contributed by atoms with Crippen LogP contribution in [0.4, 0.5) is 5.13 Å². The van der Waals surface area contributed by atoms with Crippen LogP contribution in [0.1, 0.15) is 17.3 Å². The molecule has 25 heavy (non-hydrogen) atoms. The smallest absolute Gasteiger partial charge is 0.206 e. The number of aromatic nitrogens is 4. The van der Waals surface area contributed by atoms with E-state index in [0.717, 1.165) is 37.9 Å². The van der Waals surface area contributed by atoms with E-state index in [0.29, 0.717) is 6.54 Å². The molecule has 2 aromatic heterocycles. The Morgan fingerprint density at radius 3 is 2.84 bits per heavy atom. The first-order valence-electron chi connectivity index (χ1n) is 8.04. The van der Waals surface area contributed by atoms with Crippen LogP contribution in [0.5, 0.6) is 0 Å². The lowest BCUT2D eigenvalue weighted by Crippen LogP contribution is -2.20. The van der Waals surface area contributed by atoms with E-state index in [-0.39, 0.29) is 6.04 Å². The minimum Gasteiger partial charge on any atom is -0.358 e. The maximum atomic E-state index is 6.21. The van der Waals surface area contributed by atoms with Crippen LogP contribution in [0.25, 0.3) is 21.5 Å². The van der Waals surface area contributed by atoms with E-state index in [1.807, 2.05) is 49.4 Å². The molecule has 0 radical (unpaired) electrons. The second-order valence-electron chi connectivity index (χ2n) is 5.89. The first kappa shape index (κ1) is 15.7. The lowest BCUT2D eigenvalue weighted by molar-refractivity contribution is 0.762. The van der Waals surface area contributed by atoms with Crippen molar-refractivity contribution in [3.8, 4) is 10.6 Å². The molecule has 0 aliphatic heterocycles. The fourth-order valence-corrected chi connectivity index (χ4v) is 3.44. The molecular formula is C18H18N6S. The number of nitrogens with zero attached hydrogens (tertiary/aromatic N) is 3. The van der Waals surface area contributed by atoms with Gasteiger partial charge in [0.2, 0.25) is 5.13 Å². The van der Waals surface area contributed by atoms with Crippen molar-refractivity contribution in [1.82, 2.24) is 20.4 Å². The lowest BCUT2D eigenvalue weighted by Gasteiger charge is -2.11. The number of anilines is 1. The Kier molecular flexibility index (Phi) is 4.17. The fraction of sp³-hybridized carbons (Fsp3) is 0.167. The number of rotatable bonds is 5. The van der Waals surface area contributed by atoms with Crippen LogP contribution in [-0.4, -0.2) is 26.9 Å². The van der Waals surface area contributed by atoms with E-state index in [2.05, 4.69) is 31.8 Å². The molecule has 4 aromatic rings. The Morgan fingerprint density at radius 1 is 1.16 bits per heavy atom. The Balaban J connectivity index is 1.48. The highest BCUT2D eigenvalue weighted by Gasteiger charge is 2.11. The molecule has 0 aliphatic rings. The van der Waals surface area contributed by atoms with Crippen molar-refractivity contribution in [2.24, 2.45) is 5.73 Å². The van der Waals surface area contributed by atoms with Gasteiger partial charge in [0.05, 0.1) is 5.52 Å². The molecule has 0 saturated carbocycles. The predicted octanol–water partition coefficient (Wildman–Crippen LogP) is 3.50. The van der Waals surface area contributed by atoms with Gasteiger partial charge in [0.25, 0.3) is 0 Å². The normalized spacial score (nSPS) is 12.4. The van der Waals surface area contributed by atoms with Crippen molar-refractivity contribution in [2.45, 2.75) is 13.0 Å². The van der Waals surface area contributed by atoms with Gasteiger partial charge < -0.3 is 11.1 Å². The first-order chi connectivity index (χ1) is 12.2. The molecule has 0 fully saturated rings. The highest BCUT2D eigenvalue weighted by atomic mass is 32.1. The molecule has 4 N–H and O–H groups in total. The number of hydrogen-bond donors (Lipinski definition) is 3. The van der Waals surface area contributed by atoms with Crippen molar-refractivity contribution < 1.29 is 0 Å². The summed E-state index contributed by atoms with van der Waals surface area (Å²) in [5.41, 5.74) is 10.4. The summed E-state index contributed by atoms with van der Waals surface area (Å²) in [5.74, 6) is 0. The van der Waals surface area contributed by atoms with Gasteiger partial charge in [0, 0.05) is 29.2 Å². The maximum absolute atomic E-state index is 6.21. The SMILES string of the molecule is Cc1[nH]nc2ccc(-c3nnc(NC[C@@H](N)c4ccccc4)s3)cc12. The van der Waals surface area contributed by atoms with E-state index in [1.54, 1.807) is 0 Å². The van der Waals surface area contributed by atoms with Gasteiger partial charge in [0.1, 0.15) is 5.01 Å². The summed E-state index contributed by atoms with van der Waals surface area (Å²) in [4.78, 5) is 0. The minimum atomic E-state index is -0.0847. The van der Waals surface area contributed by atoms with Crippen LogP contribution < -0.4 is 11.1 Å². The largest absolute Gasteiger partial charge is 0.358 e. The van der Waals surface area contributed by atoms with Crippen LogP contribution in [0, 0.1) is 6.92 Å². The number of hydrogen-bond acceptors (Lipinski definition) is 6. The molecule has 0 bridgehead atoms. The van der Waals surface area contributed by atoms with Gasteiger partial charge in [-0.15, -0.1) is 10.2 Å². The quantitative estimate of drug-likeness (QED) is 0.512. The summed E-state index contributed by atoms with van der Waals surface area (Å²) in [6, 6.07) is 16.0. The van der Waals surface area contributed by atoms with E-state index in [1.165, 1.54) is 11.3 Å². The fourth-order valence-electron chi connectivity index (χ4n) is 2.70. The summed E-state index contributed by atoms with van der Waals surface area (Å²) < 4.78 is 0. The Morgan fingerprint density at radius 2 is 2.00 bits per heavy atom. The van der Waals surface area contributed by atoms with Crippen molar-refractivity contribution in [3.63, 3.8) is 0 Å². The highest BCUT2D eigenvalue weighted by Crippen LogP contribution is 2.29. The minimum absolute atomic E-state index is 0.0847. The van der Waals surface area contributed by atoms with Crippen LogP contribution in [0.3, 0.4) is 0 Å². The summed E-state index contributed by atoms with van der Waals surface area (Å²) in [5, 5.41) is 21.8. The van der Waals surface area contributed by atoms with E-state index in [9.17, 15) is 0 Å². The third-order valence-corrected chi connectivity index (χ3v) is 5.05. The second kappa shape index (κ2) is 6.62. The zero-order chi connectivity index (χ0) is 17.2. The van der Waals surface area contributed by atoms with Crippen molar-refractivity contribution in [2.75, 3.05) is 11.9 Å². The number of fused-ring (bicyclic) bond motifs is 1. The van der Waals surface area contributed by atoms with Crippen LogP contribution >= 0.6 is 11.3 Å². The molecule has 0 amide bonds. The Bertz CT molecular complexity index is 991. The zero-order valence-corrected chi connectivity index (χ0v) is 14.5. The van der Waals surface area contributed by atoms with Gasteiger partial charge in [-0.25, -0.2) is 0 Å². The van der Waals surface area contributed by atoms with Crippen molar-refractivity contribution in [3.05, 3.63) is 59.8 Å². The van der Waals surface area contributed by atoms with Gasteiger partial charge in [-0.2, -0.15) is 5.10 Å². The van der Waals surface area contributed by atoms with E-state index >= 15 is 0 Å². The molecule has 2 aromatic carbocycles. The number of H-pyrrole nitrogens is 1. The van der Waals surface area contributed by atoms with Gasteiger partial charge in [-0.1, -0.05) is 41.7 Å². The van der Waals surface area contributed by atoms with Gasteiger partial charge >= 0.3 is 0 Å². The second-order valence-corrected chi connectivity index (χ2v) is 6.87. The van der Waals surface area contributed by atoms with Crippen molar-refractivity contribution >= 4 is 27.4 Å². The molecule has 6 nitrogen and oxygen atoms in total. The maximum Gasteiger partial charge on any atom is 0.206 e. The van der Waals surface area contributed by atoms with Gasteiger partial charge in [-0.3, -0.25) is 5.10 Å². The highest BCUT2D eigenvalue weighted by molar-refractivity contribution is 7.18. The van der Waals surface area contributed by atoms with Crippen LogP contribution in [0.15, 0.2) is 48.5 Å². The summed E-state index contributed by atoms with van der Waals surface area (Å²) in [6.45, 7) is 2.62. The first-order valence-corrected chi connectivity index (χ1v) is 8.85.